The number of hydrogen-bond acceptors (Lipinski definition) is 6. The van der Waals surface area contributed by atoms with Crippen LogP contribution in [-0.2, 0) is 28.6 Å². The molecule has 0 radical (unpaired) electrons. The Kier molecular flexibility index (Phi) is 69.1. The molecule has 0 bridgehead atoms. The fraction of sp³-hybridized carbons (Fsp3) is 0.831. The third-order valence-electron chi connectivity index (χ3n) is 16.5. The van der Waals surface area contributed by atoms with Crippen molar-refractivity contribution in [2.45, 2.75) is 399 Å². The Morgan fingerprint density at radius 2 is 0.470 bits per heavy atom. The first-order valence-electron chi connectivity index (χ1n) is 36.8. The molecule has 1 atom stereocenters. The van der Waals surface area contributed by atoms with E-state index in [0.717, 1.165) is 96.3 Å². The van der Waals surface area contributed by atoms with Gasteiger partial charge in [-0.25, -0.2) is 0 Å². The number of rotatable bonds is 68. The van der Waals surface area contributed by atoms with E-state index in [1.165, 1.54) is 257 Å². The average Bonchev–Trinajstić information content (AvgIpc) is 3.49. The first kappa shape index (κ1) is 80.1. The smallest absolute Gasteiger partial charge is 0.306 e. The molecule has 0 N–H and O–H groups in total. The second-order valence-electron chi connectivity index (χ2n) is 24.8. The number of esters is 3. The quantitative estimate of drug-likeness (QED) is 0.0261. The van der Waals surface area contributed by atoms with Crippen LogP contribution in [0.25, 0.3) is 0 Å². The molecule has 1 unspecified atom stereocenters. The molecule has 0 aliphatic heterocycles. The van der Waals surface area contributed by atoms with E-state index in [2.05, 4.69) is 81.5 Å². The summed E-state index contributed by atoms with van der Waals surface area (Å²) in [6.45, 7) is 6.58. The van der Waals surface area contributed by atoms with Gasteiger partial charge in [-0.05, 0) is 83.5 Å². The summed E-state index contributed by atoms with van der Waals surface area (Å²) in [5, 5.41) is 0. The molecule has 0 spiro atoms. The summed E-state index contributed by atoms with van der Waals surface area (Å²) in [6, 6.07) is 0. The maximum absolute atomic E-state index is 13.0. The highest BCUT2D eigenvalue weighted by atomic mass is 16.6. The molecule has 0 aliphatic rings. The predicted octanol–water partition coefficient (Wildman–Crippen LogP) is 25.5. The van der Waals surface area contributed by atoms with Crippen LogP contribution in [0, 0.1) is 0 Å². The third-order valence-corrected chi connectivity index (χ3v) is 16.5. The fourth-order valence-corrected chi connectivity index (χ4v) is 11.0. The molecule has 0 heterocycles. The van der Waals surface area contributed by atoms with Crippen molar-refractivity contribution < 1.29 is 28.6 Å². The number of ether oxygens (including phenoxy) is 3. The Morgan fingerprint density at radius 3 is 0.747 bits per heavy atom. The standard InChI is InChI=1S/C77H140O6/c1-4-7-10-13-16-19-22-25-28-30-32-34-35-36-37-38-39-40-41-43-44-46-49-52-55-58-61-64-67-70-76(79)82-73-74(72-81-75(78)69-66-63-60-57-54-51-48-27-24-21-18-15-12-9-6-3)83-77(80)71-68-65-62-59-56-53-50-47-45-42-33-31-29-26-23-20-17-14-11-8-5-2/h8,11,17,20,26-27,29,33,42,48,74H,4-7,9-10,12-16,18-19,21-25,28,30-32,34-41,43-47,49-73H2,1-3H3/b11-8-,20-17-,29-26-,42-33-,48-27-. The highest BCUT2D eigenvalue weighted by molar-refractivity contribution is 5.71. The molecule has 0 aromatic rings. The summed E-state index contributed by atoms with van der Waals surface area (Å²) in [5.41, 5.74) is 0. The van der Waals surface area contributed by atoms with Crippen LogP contribution < -0.4 is 0 Å². The van der Waals surface area contributed by atoms with Crippen LogP contribution in [-0.4, -0.2) is 37.2 Å². The highest BCUT2D eigenvalue weighted by Gasteiger charge is 2.19. The lowest BCUT2D eigenvalue weighted by molar-refractivity contribution is -0.167. The van der Waals surface area contributed by atoms with Crippen molar-refractivity contribution in [2.24, 2.45) is 0 Å². The minimum Gasteiger partial charge on any atom is -0.462 e. The second-order valence-corrected chi connectivity index (χ2v) is 24.8. The van der Waals surface area contributed by atoms with Crippen LogP contribution >= 0.6 is 0 Å². The van der Waals surface area contributed by atoms with E-state index in [0.29, 0.717) is 19.3 Å². The summed E-state index contributed by atoms with van der Waals surface area (Å²) in [7, 11) is 0. The van der Waals surface area contributed by atoms with Gasteiger partial charge in [0.15, 0.2) is 6.10 Å². The summed E-state index contributed by atoms with van der Waals surface area (Å²) in [4.78, 5) is 38.5. The molecule has 0 saturated heterocycles. The highest BCUT2D eigenvalue weighted by Crippen LogP contribution is 2.19. The number of hydrogen-bond donors (Lipinski definition) is 0. The van der Waals surface area contributed by atoms with Crippen LogP contribution in [0.1, 0.15) is 393 Å². The molecule has 0 rings (SSSR count). The maximum atomic E-state index is 13.0. The average molecular weight is 1160 g/mol. The van der Waals surface area contributed by atoms with Crippen LogP contribution in [0.4, 0.5) is 0 Å². The van der Waals surface area contributed by atoms with E-state index in [9.17, 15) is 14.4 Å². The molecule has 0 aliphatic carbocycles. The summed E-state index contributed by atoms with van der Waals surface area (Å²) in [6.07, 6.45) is 92.6. The molecule has 6 nitrogen and oxygen atoms in total. The molecule has 0 saturated carbocycles. The van der Waals surface area contributed by atoms with E-state index < -0.39 is 6.10 Å². The van der Waals surface area contributed by atoms with Gasteiger partial charge in [-0.1, -0.05) is 351 Å². The normalized spacial score (nSPS) is 12.4. The zero-order valence-electron chi connectivity index (χ0n) is 55.7. The predicted molar refractivity (Wildman–Crippen MR) is 362 cm³/mol. The van der Waals surface area contributed by atoms with Crippen LogP contribution in [0.5, 0.6) is 0 Å². The Bertz CT molecular complexity index is 1470. The number of carbonyl (C=O) groups is 3. The molecule has 0 aromatic heterocycles. The van der Waals surface area contributed by atoms with Gasteiger partial charge in [0, 0.05) is 19.3 Å². The zero-order valence-corrected chi connectivity index (χ0v) is 55.7. The number of carbonyl (C=O) groups excluding carboxylic acids is 3. The number of allylic oxidation sites excluding steroid dienone is 10. The van der Waals surface area contributed by atoms with E-state index in [-0.39, 0.29) is 31.1 Å². The molecular formula is C77H140O6. The van der Waals surface area contributed by atoms with Crippen molar-refractivity contribution in [3.05, 3.63) is 60.8 Å². The van der Waals surface area contributed by atoms with Crippen LogP contribution in [0.3, 0.4) is 0 Å². The fourth-order valence-electron chi connectivity index (χ4n) is 11.0. The van der Waals surface area contributed by atoms with Gasteiger partial charge in [0.2, 0.25) is 0 Å². The van der Waals surface area contributed by atoms with Gasteiger partial charge in [0.1, 0.15) is 13.2 Å². The van der Waals surface area contributed by atoms with Crippen molar-refractivity contribution in [3.8, 4) is 0 Å². The van der Waals surface area contributed by atoms with Gasteiger partial charge >= 0.3 is 17.9 Å². The summed E-state index contributed by atoms with van der Waals surface area (Å²) >= 11 is 0. The van der Waals surface area contributed by atoms with Gasteiger partial charge in [-0.3, -0.25) is 14.4 Å². The molecule has 0 amide bonds. The van der Waals surface area contributed by atoms with E-state index in [1.807, 2.05) is 0 Å². The molecule has 484 valence electrons. The van der Waals surface area contributed by atoms with Crippen molar-refractivity contribution in [1.29, 1.82) is 0 Å². The van der Waals surface area contributed by atoms with Crippen molar-refractivity contribution >= 4 is 17.9 Å². The lowest BCUT2D eigenvalue weighted by Gasteiger charge is -2.18. The van der Waals surface area contributed by atoms with Crippen LogP contribution in [0.2, 0.25) is 0 Å². The largest absolute Gasteiger partial charge is 0.462 e. The monoisotopic (exact) mass is 1160 g/mol. The molecule has 83 heavy (non-hydrogen) atoms. The number of unbranched alkanes of at least 4 members (excludes halogenated alkanes) is 47. The van der Waals surface area contributed by atoms with Crippen molar-refractivity contribution in [2.75, 3.05) is 13.2 Å². The van der Waals surface area contributed by atoms with Crippen LogP contribution in [0.15, 0.2) is 60.8 Å². The Morgan fingerprint density at radius 1 is 0.253 bits per heavy atom. The first-order chi connectivity index (χ1) is 41.0. The summed E-state index contributed by atoms with van der Waals surface area (Å²) in [5.74, 6) is -0.868. The van der Waals surface area contributed by atoms with E-state index in [1.54, 1.807) is 0 Å². The minimum absolute atomic E-state index is 0.0763. The lowest BCUT2D eigenvalue weighted by Crippen LogP contribution is -2.30. The SMILES string of the molecule is CC/C=C\C/C=C\C/C=C\C/C=C\CCCCCCCCCCC(=O)OC(COC(=O)CCCCCCC/C=C\CCCCCCCC)COC(=O)CCCCCCCCCCCCCCCCCCCCCCCCCCCCCCC. The minimum atomic E-state index is -0.783. The maximum Gasteiger partial charge on any atom is 0.306 e. The van der Waals surface area contributed by atoms with Gasteiger partial charge in [0.05, 0.1) is 0 Å². The van der Waals surface area contributed by atoms with Gasteiger partial charge < -0.3 is 14.2 Å². The van der Waals surface area contributed by atoms with Crippen molar-refractivity contribution in [1.82, 2.24) is 0 Å². The van der Waals surface area contributed by atoms with Gasteiger partial charge in [-0.15, -0.1) is 0 Å². The molecule has 0 aromatic carbocycles. The lowest BCUT2D eigenvalue weighted by atomic mass is 10.0. The Labute approximate surface area is 517 Å². The van der Waals surface area contributed by atoms with E-state index in [4.69, 9.17) is 14.2 Å². The summed E-state index contributed by atoms with van der Waals surface area (Å²) < 4.78 is 17.0. The first-order valence-corrected chi connectivity index (χ1v) is 36.8. The van der Waals surface area contributed by atoms with Gasteiger partial charge in [0.25, 0.3) is 0 Å². The second kappa shape index (κ2) is 71.6. The van der Waals surface area contributed by atoms with Gasteiger partial charge in [-0.2, -0.15) is 0 Å². The zero-order chi connectivity index (χ0) is 59.9. The van der Waals surface area contributed by atoms with E-state index >= 15 is 0 Å². The van der Waals surface area contributed by atoms with Crippen molar-refractivity contribution in [3.63, 3.8) is 0 Å². The Balaban J connectivity index is 4.24. The third kappa shape index (κ3) is 69.8. The molecule has 0 fully saturated rings. The topological polar surface area (TPSA) is 78.9 Å². The molecular weight excluding hydrogens is 1020 g/mol. The Hall–Kier alpha value is -2.89. The molecule has 6 heteroatoms.